The van der Waals surface area contributed by atoms with Crippen LogP contribution in [0.5, 0.6) is 0 Å². The SMILES string of the molecule is C[C@@H](O)[C@H]1C(=O)N2C(C(=O)O)=C(S[C@@H]3CN[C@H](C(=O)C4Cc5cc[n+](C)n5CN4)C3)[C@H](C)[C@H]12.O=S(=O)([O-])C(F)(F)F. The Labute approximate surface area is 237 Å². The van der Waals surface area contributed by atoms with Gasteiger partial charge in [-0.1, -0.05) is 6.92 Å². The number of nitrogens with one attached hydrogen (secondary N) is 2. The van der Waals surface area contributed by atoms with Crippen molar-refractivity contribution in [3.8, 4) is 0 Å². The first-order valence-electron chi connectivity index (χ1n) is 12.7. The fourth-order valence-electron chi connectivity index (χ4n) is 5.74. The number of ketones is 1. The molecular formula is C23H30F3N5O8S2. The molecule has 0 aliphatic carbocycles. The van der Waals surface area contributed by atoms with Crippen molar-refractivity contribution < 1.29 is 55.4 Å². The molecule has 0 spiro atoms. The van der Waals surface area contributed by atoms with Gasteiger partial charge in [-0.2, -0.15) is 13.2 Å². The molecule has 1 unspecified atom stereocenters. The van der Waals surface area contributed by atoms with Crippen LogP contribution in [0.1, 0.15) is 26.0 Å². The van der Waals surface area contributed by atoms with Crippen molar-refractivity contribution in [1.82, 2.24) is 20.2 Å². The number of carboxylic acids is 1. The maximum Gasteiger partial charge on any atom is 0.485 e. The molecule has 18 heteroatoms. The highest BCUT2D eigenvalue weighted by Gasteiger charge is 2.60. The first-order chi connectivity index (χ1) is 18.9. The third-order valence-electron chi connectivity index (χ3n) is 7.76. The fourth-order valence-corrected chi connectivity index (χ4v) is 7.22. The Morgan fingerprint density at radius 3 is 2.46 bits per heavy atom. The lowest BCUT2D eigenvalue weighted by Gasteiger charge is -2.46. The summed E-state index contributed by atoms with van der Waals surface area (Å²) in [5, 5.41) is 26.5. The molecule has 5 rings (SSSR count). The number of fused-ring (bicyclic) bond motifs is 2. The average molecular weight is 626 g/mol. The van der Waals surface area contributed by atoms with Crippen LogP contribution in [0.3, 0.4) is 0 Å². The van der Waals surface area contributed by atoms with Crippen molar-refractivity contribution >= 4 is 39.5 Å². The molecule has 13 nitrogen and oxygen atoms in total. The highest BCUT2D eigenvalue weighted by atomic mass is 32.2. The number of nitrogens with zero attached hydrogens (tertiary/aromatic N) is 3. The number of Topliss-reactive ketones (excluding diaryl/α,β-unsaturated/α-hetero) is 1. The molecule has 2 saturated heterocycles. The van der Waals surface area contributed by atoms with Gasteiger partial charge in [0.15, 0.2) is 29.1 Å². The van der Waals surface area contributed by atoms with Gasteiger partial charge in [0.05, 0.1) is 35.8 Å². The highest BCUT2D eigenvalue weighted by molar-refractivity contribution is 8.03. The minimum Gasteiger partial charge on any atom is -0.741 e. The van der Waals surface area contributed by atoms with Gasteiger partial charge in [-0.3, -0.25) is 14.9 Å². The van der Waals surface area contributed by atoms with Gasteiger partial charge in [0, 0.05) is 35.1 Å². The summed E-state index contributed by atoms with van der Waals surface area (Å²) < 4.78 is 63.0. The Hall–Kier alpha value is -2.51. The Bertz CT molecular complexity index is 1380. The lowest BCUT2D eigenvalue weighted by molar-refractivity contribution is -0.755. The number of aliphatic hydroxyl groups is 1. The van der Waals surface area contributed by atoms with Gasteiger partial charge in [-0.05, 0) is 13.3 Å². The number of halogens is 3. The van der Waals surface area contributed by atoms with Crippen LogP contribution in [-0.2, 0) is 44.6 Å². The summed E-state index contributed by atoms with van der Waals surface area (Å²) in [5.41, 5.74) is -4.49. The number of thioether (sulfide) groups is 1. The molecule has 1 aromatic heterocycles. The number of carboxylic acid groups (broad SMARTS) is 1. The summed E-state index contributed by atoms with van der Waals surface area (Å²) >= 11 is 1.46. The number of alkyl halides is 3. The van der Waals surface area contributed by atoms with Gasteiger partial charge in [-0.25, -0.2) is 13.2 Å². The van der Waals surface area contributed by atoms with E-state index in [0.717, 1.165) is 5.69 Å². The number of aliphatic hydroxyl groups excluding tert-OH is 1. The summed E-state index contributed by atoms with van der Waals surface area (Å²) in [5.74, 6) is -2.05. The summed E-state index contributed by atoms with van der Waals surface area (Å²) in [6.07, 6.45) is 2.41. The number of amides is 1. The Balaban J connectivity index is 0.000000426. The van der Waals surface area contributed by atoms with E-state index >= 15 is 0 Å². The van der Waals surface area contributed by atoms with Gasteiger partial charge in [0.25, 0.3) is 0 Å². The molecule has 2 fully saturated rings. The maximum atomic E-state index is 13.2. The number of hydrogen-bond acceptors (Lipinski definition) is 10. The van der Waals surface area contributed by atoms with E-state index in [9.17, 15) is 37.8 Å². The van der Waals surface area contributed by atoms with Crippen LogP contribution in [-0.4, -0.2) is 92.0 Å². The average Bonchev–Trinajstić information content (AvgIpc) is 3.54. The molecule has 7 atom stereocenters. The molecule has 0 aromatic carbocycles. The van der Waals surface area contributed by atoms with Crippen LogP contribution in [0.4, 0.5) is 13.2 Å². The van der Waals surface area contributed by atoms with Crippen molar-refractivity contribution in [3.63, 3.8) is 0 Å². The monoisotopic (exact) mass is 625 g/mol. The van der Waals surface area contributed by atoms with E-state index in [1.807, 2.05) is 30.9 Å². The van der Waals surface area contributed by atoms with Crippen LogP contribution in [0.25, 0.3) is 0 Å². The number of β-lactam (4-membered cyclic amide) rings is 1. The zero-order chi connectivity index (χ0) is 30.6. The van der Waals surface area contributed by atoms with E-state index in [0.29, 0.717) is 31.0 Å². The molecule has 5 heterocycles. The summed E-state index contributed by atoms with van der Waals surface area (Å²) in [7, 11) is -4.12. The summed E-state index contributed by atoms with van der Waals surface area (Å²) in [6.45, 7) is 4.68. The number of carbonyl (C=O) groups is 3. The molecule has 41 heavy (non-hydrogen) atoms. The number of rotatable bonds is 6. The number of carbonyl (C=O) groups excluding carboxylic acids is 2. The van der Waals surface area contributed by atoms with Gasteiger partial charge in [0.1, 0.15) is 12.4 Å². The van der Waals surface area contributed by atoms with E-state index in [1.54, 1.807) is 6.92 Å². The third kappa shape index (κ3) is 5.90. The number of aromatic nitrogens is 2. The zero-order valence-electron chi connectivity index (χ0n) is 22.2. The van der Waals surface area contributed by atoms with Crippen molar-refractivity contribution in [3.05, 3.63) is 28.6 Å². The van der Waals surface area contributed by atoms with Crippen molar-refractivity contribution in [1.29, 1.82) is 0 Å². The van der Waals surface area contributed by atoms with E-state index in [2.05, 4.69) is 15.3 Å². The third-order valence-corrected chi connectivity index (χ3v) is 9.84. The molecule has 1 aromatic rings. The zero-order valence-corrected chi connectivity index (χ0v) is 23.8. The topological polar surface area (TPSA) is 185 Å². The van der Waals surface area contributed by atoms with E-state index in [1.165, 1.54) is 16.7 Å². The number of hydrogen-bond donors (Lipinski definition) is 4. The first-order valence-corrected chi connectivity index (χ1v) is 14.9. The quantitative estimate of drug-likeness (QED) is 0.132. The van der Waals surface area contributed by atoms with Crippen LogP contribution in [0.15, 0.2) is 22.9 Å². The fraction of sp³-hybridized carbons (Fsp3) is 0.652. The van der Waals surface area contributed by atoms with Gasteiger partial charge in [-0.15, -0.1) is 21.1 Å². The van der Waals surface area contributed by atoms with Crippen LogP contribution in [0.2, 0.25) is 0 Å². The second kappa shape index (κ2) is 11.3. The van der Waals surface area contributed by atoms with Crippen molar-refractivity contribution in [2.45, 2.75) is 68.3 Å². The second-order valence-corrected chi connectivity index (χ2v) is 13.1. The molecule has 4 N–H and O–H groups in total. The van der Waals surface area contributed by atoms with Gasteiger partial charge >= 0.3 is 11.5 Å². The molecule has 4 aliphatic rings. The molecular weight excluding hydrogens is 595 g/mol. The molecule has 0 bridgehead atoms. The minimum absolute atomic E-state index is 0.0369. The molecule has 1 amide bonds. The standard InChI is InChI=1S/C22H29N5O5S.CHF3O3S/c1-10-17-16(11(2)28)21(30)27(17)18(22(31)32)20(10)33-13-7-15(23-8-13)19(29)14-6-12-4-5-25(3)26(12)9-24-14;2-1(3,4)8(5,6)7/h4-5,10-11,13-17,23-24,28H,6-9H2,1-3H3;(H,5,6,7)/t10-,11-,13+,14?,15+,16-,17-;/m1./s1. The van der Waals surface area contributed by atoms with Gasteiger partial charge < -0.3 is 25.0 Å². The predicted molar refractivity (Wildman–Crippen MR) is 134 cm³/mol. The number of aryl methyl sites for hydroxylation is 1. The van der Waals surface area contributed by atoms with E-state index < -0.39 is 33.6 Å². The molecule has 228 valence electrons. The van der Waals surface area contributed by atoms with Gasteiger partial charge in [0.2, 0.25) is 5.91 Å². The van der Waals surface area contributed by atoms with Crippen LogP contribution in [0, 0.1) is 11.8 Å². The summed E-state index contributed by atoms with van der Waals surface area (Å²) in [4.78, 5) is 39.7. The van der Waals surface area contributed by atoms with Crippen molar-refractivity contribution in [2.75, 3.05) is 6.54 Å². The Kier molecular flexibility index (Phi) is 8.65. The maximum absolute atomic E-state index is 13.2. The first kappa shape index (κ1) is 31.4. The lowest BCUT2D eigenvalue weighted by atomic mass is 9.79. The van der Waals surface area contributed by atoms with Crippen LogP contribution < -0.4 is 15.3 Å². The van der Waals surface area contributed by atoms with Crippen molar-refractivity contribution in [2.24, 2.45) is 18.9 Å². The smallest absolute Gasteiger partial charge is 0.485 e. The normalized spacial score (nSPS) is 30.2. The molecule has 4 aliphatic heterocycles. The largest absolute Gasteiger partial charge is 0.741 e. The molecule has 0 saturated carbocycles. The number of aliphatic carboxylic acids is 1. The van der Waals surface area contributed by atoms with Crippen LogP contribution >= 0.6 is 11.8 Å². The second-order valence-electron chi connectivity index (χ2n) is 10.4. The minimum atomic E-state index is -6.09. The molecule has 0 radical (unpaired) electrons. The van der Waals surface area contributed by atoms with E-state index in [-0.39, 0.29) is 46.7 Å². The Morgan fingerprint density at radius 1 is 1.27 bits per heavy atom. The summed E-state index contributed by atoms with van der Waals surface area (Å²) in [6, 6.07) is 1.18. The lowest BCUT2D eigenvalue weighted by Crippen LogP contribution is -2.63. The predicted octanol–water partition coefficient (Wildman–Crippen LogP) is -0.978. The highest BCUT2D eigenvalue weighted by Crippen LogP contribution is 2.51. The van der Waals surface area contributed by atoms with E-state index in [4.69, 9.17) is 13.0 Å². The Morgan fingerprint density at radius 2 is 1.90 bits per heavy atom.